The second-order valence-electron chi connectivity index (χ2n) is 10.2. The van der Waals surface area contributed by atoms with Gasteiger partial charge in [0.05, 0.1) is 0 Å². The van der Waals surface area contributed by atoms with Gasteiger partial charge in [0.25, 0.3) is 0 Å². The summed E-state index contributed by atoms with van der Waals surface area (Å²) in [7, 11) is 2.70. The first-order valence-corrected chi connectivity index (χ1v) is 15.5. The molecular formula is C27H58O3Si. The second kappa shape index (κ2) is 20.7. The van der Waals surface area contributed by atoms with Gasteiger partial charge in [0, 0.05) is 27.4 Å². The lowest BCUT2D eigenvalue weighted by Crippen LogP contribution is -2.44. The fourth-order valence-electron chi connectivity index (χ4n) is 4.82. The van der Waals surface area contributed by atoms with E-state index in [0.717, 1.165) is 17.9 Å². The van der Waals surface area contributed by atoms with E-state index >= 15 is 0 Å². The second-order valence-corrected chi connectivity index (χ2v) is 13.2. The summed E-state index contributed by atoms with van der Waals surface area (Å²) in [4.78, 5) is 0. The van der Waals surface area contributed by atoms with E-state index in [1.165, 1.54) is 103 Å². The van der Waals surface area contributed by atoms with E-state index in [9.17, 15) is 0 Å². The monoisotopic (exact) mass is 458 g/mol. The molecule has 3 unspecified atom stereocenters. The van der Waals surface area contributed by atoms with Gasteiger partial charge < -0.3 is 13.3 Å². The molecule has 188 valence electrons. The van der Waals surface area contributed by atoms with Crippen molar-refractivity contribution in [1.82, 2.24) is 0 Å². The number of unbranched alkanes of at least 4 members (excludes halogenated alkanes) is 13. The van der Waals surface area contributed by atoms with Crippen LogP contribution in [0.3, 0.4) is 0 Å². The van der Waals surface area contributed by atoms with E-state index in [1.807, 2.05) is 0 Å². The predicted molar refractivity (Wildman–Crippen MR) is 139 cm³/mol. The summed E-state index contributed by atoms with van der Waals surface area (Å²) in [6.45, 7) is 9.46. The van der Waals surface area contributed by atoms with Crippen LogP contribution in [0.1, 0.15) is 130 Å². The molecule has 0 spiro atoms. The summed E-state index contributed by atoms with van der Waals surface area (Å²) in [6.07, 6.45) is 22.7. The Morgan fingerprint density at radius 1 is 0.548 bits per heavy atom. The van der Waals surface area contributed by atoms with E-state index in [2.05, 4.69) is 27.7 Å². The molecule has 31 heavy (non-hydrogen) atoms. The van der Waals surface area contributed by atoms with Crippen molar-refractivity contribution in [2.45, 2.75) is 136 Å². The van der Waals surface area contributed by atoms with Gasteiger partial charge in [0.15, 0.2) is 0 Å². The quantitative estimate of drug-likeness (QED) is 0.113. The van der Waals surface area contributed by atoms with Crippen molar-refractivity contribution < 1.29 is 13.3 Å². The van der Waals surface area contributed by atoms with Crippen molar-refractivity contribution in [3.8, 4) is 0 Å². The van der Waals surface area contributed by atoms with Crippen LogP contribution in [0.25, 0.3) is 0 Å². The van der Waals surface area contributed by atoms with Gasteiger partial charge in [-0.05, 0) is 24.2 Å². The first-order chi connectivity index (χ1) is 14.9. The van der Waals surface area contributed by atoms with E-state index in [1.54, 1.807) is 21.3 Å². The molecule has 4 heteroatoms. The highest BCUT2D eigenvalue weighted by Crippen LogP contribution is 2.29. The molecular weight excluding hydrogens is 400 g/mol. The zero-order valence-corrected chi connectivity index (χ0v) is 23.5. The smallest absolute Gasteiger partial charge is 0.377 e. The van der Waals surface area contributed by atoms with Crippen LogP contribution < -0.4 is 0 Å². The molecule has 0 aromatic carbocycles. The normalized spacial score (nSPS) is 15.2. The van der Waals surface area contributed by atoms with Crippen LogP contribution >= 0.6 is 0 Å². The minimum absolute atomic E-state index is 0.570. The third-order valence-electron chi connectivity index (χ3n) is 7.29. The highest BCUT2D eigenvalue weighted by atomic mass is 28.4. The van der Waals surface area contributed by atoms with Crippen molar-refractivity contribution in [1.29, 1.82) is 0 Å². The molecule has 0 aliphatic carbocycles. The molecule has 0 saturated heterocycles. The minimum atomic E-state index is -2.44. The van der Waals surface area contributed by atoms with Gasteiger partial charge in [0.1, 0.15) is 0 Å². The van der Waals surface area contributed by atoms with Crippen LogP contribution in [0.5, 0.6) is 0 Å². The van der Waals surface area contributed by atoms with Crippen LogP contribution in [0.4, 0.5) is 0 Å². The fourth-order valence-corrected chi connectivity index (χ4v) is 6.84. The average Bonchev–Trinajstić information content (AvgIpc) is 2.77. The van der Waals surface area contributed by atoms with Crippen molar-refractivity contribution in [3.05, 3.63) is 0 Å². The van der Waals surface area contributed by atoms with Gasteiger partial charge in [-0.25, -0.2) is 0 Å². The Balaban J connectivity index is 3.65. The Morgan fingerprint density at radius 2 is 0.935 bits per heavy atom. The molecule has 0 fully saturated rings. The third-order valence-corrected chi connectivity index (χ3v) is 10.4. The van der Waals surface area contributed by atoms with Crippen molar-refractivity contribution >= 4 is 8.80 Å². The molecule has 0 aromatic heterocycles. The van der Waals surface area contributed by atoms with Crippen LogP contribution in [-0.2, 0) is 13.3 Å². The number of hydrogen-bond acceptors (Lipinski definition) is 3. The van der Waals surface area contributed by atoms with Crippen LogP contribution in [-0.4, -0.2) is 30.1 Å². The first-order valence-electron chi connectivity index (χ1n) is 13.6. The zero-order valence-electron chi connectivity index (χ0n) is 22.5. The Bertz CT molecular complexity index is 365. The molecule has 0 aromatic rings. The van der Waals surface area contributed by atoms with Crippen molar-refractivity contribution in [2.24, 2.45) is 17.8 Å². The van der Waals surface area contributed by atoms with E-state index < -0.39 is 8.80 Å². The van der Waals surface area contributed by atoms with Gasteiger partial charge in [-0.2, -0.15) is 0 Å². The lowest BCUT2D eigenvalue weighted by Gasteiger charge is -2.29. The van der Waals surface area contributed by atoms with Gasteiger partial charge in [-0.15, -0.1) is 0 Å². The summed E-state index contributed by atoms with van der Waals surface area (Å²) in [6, 6.07) is 0.909. The van der Waals surface area contributed by atoms with Gasteiger partial charge >= 0.3 is 8.80 Å². The van der Waals surface area contributed by atoms with Crippen LogP contribution in [0.15, 0.2) is 0 Å². The summed E-state index contributed by atoms with van der Waals surface area (Å²) in [5, 5.41) is 0. The highest BCUT2D eigenvalue weighted by molar-refractivity contribution is 6.60. The predicted octanol–water partition coefficient (Wildman–Crippen LogP) is 9.03. The van der Waals surface area contributed by atoms with Gasteiger partial charge in [-0.3, -0.25) is 0 Å². The average molecular weight is 459 g/mol. The minimum Gasteiger partial charge on any atom is -0.377 e. The summed E-state index contributed by atoms with van der Waals surface area (Å²) in [5.41, 5.74) is 0. The largest absolute Gasteiger partial charge is 0.500 e. The van der Waals surface area contributed by atoms with Gasteiger partial charge in [0.2, 0.25) is 0 Å². The maximum absolute atomic E-state index is 5.60. The topological polar surface area (TPSA) is 27.7 Å². The van der Waals surface area contributed by atoms with Crippen molar-refractivity contribution in [2.75, 3.05) is 21.3 Å². The summed E-state index contributed by atoms with van der Waals surface area (Å²) in [5.74, 6) is 2.11. The fraction of sp³-hybridized carbons (Fsp3) is 1.00. The molecule has 0 radical (unpaired) electrons. The summed E-state index contributed by atoms with van der Waals surface area (Å²) < 4.78 is 16.8. The SMILES string of the molecule is CCCCCCCCCCCCCCCCC(C)C(C)CC(C)C[Si](OC)(OC)OC. The molecule has 0 saturated carbocycles. The number of rotatable bonds is 23. The van der Waals surface area contributed by atoms with E-state index in [0.29, 0.717) is 5.92 Å². The van der Waals surface area contributed by atoms with Crippen molar-refractivity contribution in [3.63, 3.8) is 0 Å². The molecule has 0 aliphatic rings. The lowest BCUT2D eigenvalue weighted by molar-refractivity contribution is 0.116. The van der Waals surface area contributed by atoms with Gasteiger partial charge in [-0.1, -0.05) is 124 Å². The Kier molecular flexibility index (Phi) is 20.8. The highest BCUT2D eigenvalue weighted by Gasteiger charge is 2.39. The lowest BCUT2D eigenvalue weighted by atomic mass is 9.85. The molecule has 0 aliphatic heterocycles. The van der Waals surface area contributed by atoms with E-state index in [-0.39, 0.29) is 0 Å². The Labute approximate surface area is 197 Å². The molecule has 0 bridgehead atoms. The van der Waals surface area contributed by atoms with Crippen LogP contribution in [0, 0.1) is 17.8 Å². The molecule has 0 rings (SSSR count). The third kappa shape index (κ3) is 16.4. The molecule has 3 nitrogen and oxygen atoms in total. The number of hydrogen-bond donors (Lipinski definition) is 0. The van der Waals surface area contributed by atoms with Crippen LogP contribution in [0.2, 0.25) is 6.04 Å². The molecule has 0 amide bonds. The maximum Gasteiger partial charge on any atom is 0.500 e. The Hall–Kier alpha value is 0.0969. The zero-order chi connectivity index (χ0) is 23.4. The maximum atomic E-state index is 5.60. The molecule has 0 N–H and O–H groups in total. The summed E-state index contributed by atoms with van der Waals surface area (Å²) >= 11 is 0. The Morgan fingerprint density at radius 3 is 1.32 bits per heavy atom. The molecule has 0 heterocycles. The van der Waals surface area contributed by atoms with E-state index in [4.69, 9.17) is 13.3 Å². The molecule has 3 atom stereocenters. The standard InChI is InChI=1S/C27H58O3Si/c1-8-9-10-11-12-13-14-15-16-17-18-19-20-21-22-26(3)27(4)23-25(2)24-31(28-5,29-6)30-7/h25-27H,8-24H2,1-7H3. The first kappa shape index (κ1) is 31.1.